The first-order valence-electron chi connectivity index (χ1n) is 4.32. The van der Waals surface area contributed by atoms with Gasteiger partial charge in [-0.1, -0.05) is 12.1 Å². The van der Waals surface area contributed by atoms with Crippen molar-refractivity contribution in [3.8, 4) is 0 Å². The molecule has 1 aliphatic carbocycles. The first-order valence-corrected chi connectivity index (χ1v) is 4.32. The third-order valence-corrected chi connectivity index (χ3v) is 2.67. The van der Waals surface area contributed by atoms with Crippen LogP contribution in [0.15, 0.2) is 24.3 Å². The molecule has 0 aliphatic heterocycles. The lowest BCUT2D eigenvalue weighted by molar-refractivity contribution is -0.139. The fourth-order valence-corrected chi connectivity index (χ4v) is 1.63. The van der Waals surface area contributed by atoms with Gasteiger partial charge in [-0.3, -0.25) is 4.79 Å². The third-order valence-electron chi connectivity index (χ3n) is 2.67. The largest absolute Gasteiger partial charge is 0.480 e. The van der Waals surface area contributed by atoms with Gasteiger partial charge in [0.15, 0.2) is 0 Å². The van der Waals surface area contributed by atoms with E-state index in [0.717, 1.165) is 5.56 Å². The molecule has 0 bridgehead atoms. The predicted molar refractivity (Wildman–Crippen MR) is 48.3 cm³/mol. The molecule has 14 heavy (non-hydrogen) atoms. The summed E-state index contributed by atoms with van der Waals surface area (Å²) in [6, 6.07) is 5.79. The van der Waals surface area contributed by atoms with Crippen molar-refractivity contribution in [1.82, 2.24) is 0 Å². The van der Waals surface area contributed by atoms with Crippen LogP contribution in [0.5, 0.6) is 0 Å². The Morgan fingerprint density at radius 2 is 2.07 bits per heavy atom. The van der Waals surface area contributed by atoms with Gasteiger partial charge >= 0.3 is 5.97 Å². The molecule has 1 aliphatic rings. The number of hydrogen-bond acceptors (Lipinski definition) is 2. The lowest BCUT2D eigenvalue weighted by atomic mass is 10.1. The second-order valence-electron chi connectivity index (χ2n) is 3.65. The van der Waals surface area contributed by atoms with Gasteiger partial charge in [0.05, 0.1) is 0 Å². The normalized spacial score (nSPS) is 30.0. The maximum absolute atomic E-state index is 12.6. The average Bonchev–Trinajstić information content (AvgIpc) is 2.81. The Morgan fingerprint density at radius 1 is 1.50 bits per heavy atom. The second kappa shape index (κ2) is 2.78. The van der Waals surface area contributed by atoms with Gasteiger partial charge in [-0.2, -0.15) is 0 Å². The summed E-state index contributed by atoms with van der Waals surface area (Å²) in [5, 5.41) is 8.80. The molecule has 0 heterocycles. The molecule has 4 heteroatoms. The molecule has 0 radical (unpaired) electrons. The maximum atomic E-state index is 12.6. The quantitative estimate of drug-likeness (QED) is 0.742. The van der Waals surface area contributed by atoms with Gasteiger partial charge in [0.1, 0.15) is 11.4 Å². The summed E-state index contributed by atoms with van der Waals surface area (Å²) in [6.45, 7) is 0. The van der Waals surface area contributed by atoms with E-state index in [1.54, 1.807) is 12.1 Å². The lowest BCUT2D eigenvalue weighted by Gasteiger charge is -2.04. The first-order chi connectivity index (χ1) is 6.54. The number of nitrogens with two attached hydrogens (primary N) is 1. The summed E-state index contributed by atoms with van der Waals surface area (Å²) in [7, 11) is 0. The van der Waals surface area contributed by atoms with Crippen LogP contribution < -0.4 is 5.73 Å². The Hall–Kier alpha value is -1.42. The Morgan fingerprint density at radius 3 is 2.50 bits per heavy atom. The SMILES string of the molecule is N[C@@]1(C(=O)O)CC1c1ccc(F)cc1. The van der Waals surface area contributed by atoms with Crippen molar-refractivity contribution in [1.29, 1.82) is 0 Å². The van der Waals surface area contributed by atoms with E-state index in [-0.39, 0.29) is 11.7 Å². The Bertz CT molecular complexity index is 376. The minimum atomic E-state index is -1.14. The Labute approximate surface area is 80.3 Å². The van der Waals surface area contributed by atoms with E-state index in [2.05, 4.69) is 0 Å². The van der Waals surface area contributed by atoms with Crippen LogP contribution in [0.25, 0.3) is 0 Å². The van der Waals surface area contributed by atoms with E-state index in [0.29, 0.717) is 6.42 Å². The van der Waals surface area contributed by atoms with Crippen LogP contribution in [0.3, 0.4) is 0 Å². The van der Waals surface area contributed by atoms with Crippen molar-refractivity contribution in [3.63, 3.8) is 0 Å². The summed E-state index contributed by atoms with van der Waals surface area (Å²) < 4.78 is 12.6. The molecule has 1 unspecified atom stereocenters. The molecular formula is C10H10FNO2. The number of aliphatic carboxylic acids is 1. The molecule has 1 fully saturated rings. The molecule has 1 aromatic carbocycles. The van der Waals surface area contributed by atoms with E-state index in [1.807, 2.05) is 0 Å². The highest BCUT2D eigenvalue weighted by molar-refractivity contribution is 5.84. The van der Waals surface area contributed by atoms with Crippen molar-refractivity contribution in [2.45, 2.75) is 17.9 Å². The minimum Gasteiger partial charge on any atom is -0.480 e. The van der Waals surface area contributed by atoms with E-state index >= 15 is 0 Å². The smallest absolute Gasteiger partial charge is 0.324 e. The van der Waals surface area contributed by atoms with Crippen molar-refractivity contribution < 1.29 is 14.3 Å². The zero-order valence-electron chi connectivity index (χ0n) is 7.40. The lowest BCUT2D eigenvalue weighted by Crippen LogP contribution is -2.34. The number of carboxylic acid groups (broad SMARTS) is 1. The number of rotatable bonds is 2. The average molecular weight is 195 g/mol. The van der Waals surface area contributed by atoms with Crippen LogP contribution in [0.1, 0.15) is 17.9 Å². The van der Waals surface area contributed by atoms with Gasteiger partial charge in [-0.05, 0) is 24.1 Å². The molecular weight excluding hydrogens is 185 g/mol. The van der Waals surface area contributed by atoms with Crippen LogP contribution in [0.4, 0.5) is 4.39 Å². The zero-order chi connectivity index (χ0) is 10.3. The van der Waals surface area contributed by atoms with Crippen LogP contribution in [0, 0.1) is 5.82 Å². The van der Waals surface area contributed by atoms with Crippen molar-refractivity contribution in [3.05, 3.63) is 35.6 Å². The highest BCUT2D eigenvalue weighted by Crippen LogP contribution is 2.49. The summed E-state index contributed by atoms with van der Waals surface area (Å²) in [5.41, 5.74) is 5.26. The number of carbonyl (C=O) groups is 1. The van der Waals surface area contributed by atoms with Gasteiger partial charge in [0, 0.05) is 5.92 Å². The molecule has 74 valence electrons. The minimum absolute atomic E-state index is 0.180. The monoisotopic (exact) mass is 195 g/mol. The zero-order valence-corrected chi connectivity index (χ0v) is 7.40. The van der Waals surface area contributed by atoms with Crippen molar-refractivity contribution in [2.75, 3.05) is 0 Å². The van der Waals surface area contributed by atoms with Crippen molar-refractivity contribution in [2.24, 2.45) is 5.73 Å². The fourth-order valence-electron chi connectivity index (χ4n) is 1.63. The van der Waals surface area contributed by atoms with E-state index in [9.17, 15) is 9.18 Å². The number of halogens is 1. The molecule has 0 saturated heterocycles. The predicted octanol–water partition coefficient (Wildman–Crippen LogP) is 1.10. The molecule has 3 nitrogen and oxygen atoms in total. The fraction of sp³-hybridized carbons (Fsp3) is 0.300. The molecule has 1 aromatic rings. The third kappa shape index (κ3) is 1.28. The highest BCUT2D eigenvalue weighted by atomic mass is 19.1. The maximum Gasteiger partial charge on any atom is 0.324 e. The topological polar surface area (TPSA) is 63.3 Å². The summed E-state index contributed by atoms with van der Waals surface area (Å²) in [4.78, 5) is 10.7. The Balaban J connectivity index is 2.21. The van der Waals surface area contributed by atoms with E-state index in [1.165, 1.54) is 12.1 Å². The van der Waals surface area contributed by atoms with Crippen LogP contribution in [-0.4, -0.2) is 16.6 Å². The molecule has 2 rings (SSSR count). The molecule has 1 saturated carbocycles. The molecule has 3 N–H and O–H groups in total. The highest BCUT2D eigenvalue weighted by Gasteiger charge is 2.58. The van der Waals surface area contributed by atoms with E-state index < -0.39 is 11.5 Å². The van der Waals surface area contributed by atoms with Gasteiger partial charge in [0.2, 0.25) is 0 Å². The Kier molecular flexibility index (Phi) is 1.82. The van der Waals surface area contributed by atoms with Gasteiger partial charge in [0.25, 0.3) is 0 Å². The standard InChI is InChI=1S/C10H10FNO2/c11-7-3-1-6(2-4-7)8-5-10(8,12)9(13)14/h1-4,8H,5,12H2,(H,13,14)/t8?,10-/m0/s1. The number of carboxylic acids is 1. The molecule has 0 spiro atoms. The number of hydrogen-bond donors (Lipinski definition) is 2. The second-order valence-corrected chi connectivity index (χ2v) is 3.65. The van der Waals surface area contributed by atoms with Gasteiger partial charge in [-0.25, -0.2) is 4.39 Å². The van der Waals surface area contributed by atoms with Crippen molar-refractivity contribution >= 4 is 5.97 Å². The molecule has 0 amide bonds. The van der Waals surface area contributed by atoms with Crippen LogP contribution in [0.2, 0.25) is 0 Å². The summed E-state index contributed by atoms with van der Waals surface area (Å²) in [6.07, 6.45) is 0.425. The van der Waals surface area contributed by atoms with Crippen LogP contribution >= 0.6 is 0 Å². The van der Waals surface area contributed by atoms with Crippen LogP contribution in [-0.2, 0) is 4.79 Å². The van der Waals surface area contributed by atoms with E-state index in [4.69, 9.17) is 10.8 Å². The summed E-state index contributed by atoms with van der Waals surface area (Å²) >= 11 is 0. The number of benzene rings is 1. The summed E-state index contributed by atoms with van der Waals surface area (Å²) in [5.74, 6) is -1.50. The molecule has 2 atom stereocenters. The molecule has 0 aromatic heterocycles. The van der Waals surface area contributed by atoms with Gasteiger partial charge in [-0.15, -0.1) is 0 Å². The first kappa shape index (κ1) is 9.15. The van der Waals surface area contributed by atoms with Gasteiger partial charge < -0.3 is 10.8 Å².